The van der Waals surface area contributed by atoms with Crippen LogP contribution in [0.3, 0.4) is 0 Å². The molecule has 1 aliphatic heterocycles. The Morgan fingerprint density at radius 2 is 1.48 bits per heavy atom. The number of ether oxygens (including phenoxy) is 3. The van der Waals surface area contributed by atoms with E-state index >= 15 is 0 Å². The lowest BCUT2D eigenvalue weighted by atomic mass is 9.90. The van der Waals surface area contributed by atoms with E-state index in [0.29, 0.717) is 19.0 Å². The molecule has 0 unspecified atom stereocenters. The van der Waals surface area contributed by atoms with Gasteiger partial charge < -0.3 is 19.1 Å². The molecular weight excluding hydrogens is 398 g/mol. The zero-order chi connectivity index (χ0) is 22.2. The van der Waals surface area contributed by atoms with Crippen molar-refractivity contribution in [1.29, 1.82) is 0 Å². The van der Waals surface area contributed by atoms with E-state index in [2.05, 4.69) is 12.1 Å². The van der Waals surface area contributed by atoms with Crippen molar-refractivity contribution in [2.24, 2.45) is 5.92 Å². The van der Waals surface area contributed by atoms with Crippen molar-refractivity contribution in [1.82, 2.24) is 4.90 Å². The van der Waals surface area contributed by atoms with E-state index in [1.165, 1.54) is 38.0 Å². The normalized spacial score (nSPS) is 14.1. The minimum atomic E-state index is -0.609. The Labute approximate surface area is 181 Å². The second-order valence-electron chi connectivity index (χ2n) is 7.53. The molecule has 7 nitrogen and oxygen atoms in total. The molecule has 1 saturated heterocycles. The van der Waals surface area contributed by atoms with Gasteiger partial charge in [0.1, 0.15) is 5.75 Å². The van der Waals surface area contributed by atoms with Crippen LogP contribution in [0.5, 0.6) is 5.75 Å². The van der Waals surface area contributed by atoms with E-state index in [4.69, 9.17) is 14.2 Å². The van der Waals surface area contributed by atoms with Crippen molar-refractivity contribution < 1.29 is 28.6 Å². The number of nitrogens with zero attached hydrogens (tertiary/aromatic N) is 1. The van der Waals surface area contributed by atoms with Gasteiger partial charge in [0.15, 0.2) is 6.61 Å². The number of methoxy groups -OCH3 is 2. The molecule has 0 aliphatic carbocycles. The summed E-state index contributed by atoms with van der Waals surface area (Å²) < 4.78 is 15.0. The van der Waals surface area contributed by atoms with Crippen LogP contribution in [0.4, 0.5) is 0 Å². The molecule has 2 aromatic rings. The van der Waals surface area contributed by atoms with Crippen molar-refractivity contribution in [3.05, 3.63) is 65.2 Å². The molecule has 0 bridgehead atoms. The topological polar surface area (TPSA) is 82.1 Å². The number of rotatable bonds is 7. The summed E-state index contributed by atoms with van der Waals surface area (Å²) >= 11 is 0. The molecule has 1 amide bonds. The molecule has 0 aromatic heterocycles. The third kappa shape index (κ3) is 6.07. The number of esters is 2. The Kier molecular flexibility index (Phi) is 7.65. The molecule has 164 valence electrons. The van der Waals surface area contributed by atoms with E-state index in [1.807, 2.05) is 18.2 Å². The molecule has 31 heavy (non-hydrogen) atoms. The third-order valence-corrected chi connectivity index (χ3v) is 5.45. The van der Waals surface area contributed by atoms with Gasteiger partial charge in [-0.1, -0.05) is 30.3 Å². The van der Waals surface area contributed by atoms with Gasteiger partial charge in [0, 0.05) is 13.1 Å². The van der Waals surface area contributed by atoms with E-state index in [9.17, 15) is 14.4 Å². The van der Waals surface area contributed by atoms with Crippen LogP contribution in [-0.2, 0) is 20.7 Å². The SMILES string of the molecule is COC(=O)c1cc(OCC(=O)N2CCC(Cc3ccccc3)CC2)cc(C(=O)OC)c1. The third-order valence-electron chi connectivity index (χ3n) is 5.45. The molecule has 0 saturated carbocycles. The molecule has 1 aliphatic rings. The average molecular weight is 425 g/mol. The second-order valence-corrected chi connectivity index (χ2v) is 7.53. The zero-order valence-electron chi connectivity index (χ0n) is 17.8. The number of benzene rings is 2. The van der Waals surface area contributed by atoms with Gasteiger partial charge in [0.05, 0.1) is 25.3 Å². The maximum atomic E-state index is 12.6. The first-order valence-electron chi connectivity index (χ1n) is 10.3. The summed E-state index contributed by atoms with van der Waals surface area (Å²) in [7, 11) is 2.50. The van der Waals surface area contributed by atoms with E-state index in [1.54, 1.807) is 4.90 Å². The molecule has 2 aromatic carbocycles. The fourth-order valence-electron chi connectivity index (χ4n) is 3.72. The number of hydrogen-bond acceptors (Lipinski definition) is 6. The number of carbonyl (C=O) groups is 3. The summed E-state index contributed by atoms with van der Waals surface area (Å²) in [4.78, 5) is 38.1. The minimum absolute atomic E-state index is 0.124. The lowest BCUT2D eigenvalue weighted by Crippen LogP contribution is -2.41. The van der Waals surface area contributed by atoms with Gasteiger partial charge in [-0.25, -0.2) is 9.59 Å². The van der Waals surface area contributed by atoms with Gasteiger partial charge in [-0.05, 0) is 48.9 Å². The van der Waals surface area contributed by atoms with Crippen molar-refractivity contribution in [2.75, 3.05) is 33.9 Å². The van der Waals surface area contributed by atoms with Crippen LogP contribution in [0.2, 0.25) is 0 Å². The summed E-state index contributed by atoms with van der Waals surface area (Å²) in [5, 5.41) is 0. The fourth-order valence-corrected chi connectivity index (χ4v) is 3.72. The van der Waals surface area contributed by atoms with Crippen LogP contribution in [-0.4, -0.2) is 56.7 Å². The first-order chi connectivity index (χ1) is 15.0. The van der Waals surface area contributed by atoms with Crippen LogP contribution in [0.1, 0.15) is 39.1 Å². The first-order valence-corrected chi connectivity index (χ1v) is 10.3. The van der Waals surface area contributed by atoms with Crippen molar-refractivity contribution in [2.45, 2.75) is 19.3 Å². The van der Waals surface area contributed by atoms with Crippen molar-refractivity contribution in [3.8, 4) is 5.75 Å². The Morgan fingerprint density at radius 1 is 0.903 bits per heavy atom. The van der Waals surface area contributed by atoms with Crippen LogP contribution in [0.25, 0.3) is 0 Å². The Hall–Kier alpha value is -3.35. The number of piperidine rings is 1. The summed E-state index contributed by atoms with van der Waals surface area (Å²) in [6.45, 7) is 1.21. The van der Waals surface area contributed by atoms with Gasteiger partial charge in [-0.3, -0.25) is 4.79 Å². The molecule has 3 rings (SSSR count). The van der Waals surface area contributed by atoms with E-state index in [-0.39, 0.29) is 29.4 Å². The molecule has 7 heteroatoms. The Morgan fingerprint density at radius 3 is 2.03 bits per heavy atom. The lowest BCUT2D eigenvalue weighted by molar-refractivity contribution is -0.134. The predicted octanol–water partition coefficient (Wildman–Crippen LogP) is 3.12. The van der Waals surface area contributed by atoms with Crippen LogP contribution < -0.4 is 4.74 Å². The highest BCUT2D eigenvalue weighted by Gasteiger charge is 2.23. The van der Waals surface area contributed by atoms with Crippen LogP contribution in [0, 0.1) is 5.92 Å². The van der Waals surface area contributed by atoms with Crippen molar-refractivity contribution >= 4 is 17.8 Å². The minimum Gasteiger partial charge on any atom is -0.484 e. The quantitative estimate of drug-likeness (QED) is 0.634. The van der Waals surface area contributed by atoms with Gasteiger partial charge >= 0.3 is 11.9 Å². The summed E-state index contributed by atoms with van der Waals surface area (Å²) in [6.07, 6.45) is 2.92. The average Bonchev–Trinajstić information content (AvgIpc) is 2.82. The molecule has 1 heterocycles. The Balaban J connectivity index is 1.55. The number of amides is 1. The van der Waals surface area contributed by atoms with Crippen LogP contribution in [0.15, 0.2) is 48.5 Å². The highest BCUT2D eigenvalue weighted by atomic mass is 16.5. The largest absolute Gasteiger partial charge is 0.484 e. The summed E-state index contributed by atoms with van der Waals surface area (Å²) in [5.41, 5.74) is 1.62. The monoisotopic (exact) mass is 425 g/mol. The molecule has 0 radical (unpaired) electrons. The first kappa shape index (κ1) is 22.3. The molecular formula is C24H27NO6. The van der Waals surface area contributed by atoms with Crippen LogP contribution >= 0.6 is 0 Å². The van der Waals surface area contributed by atoms with Gasteiger partial charge in [0.25, 0.3) is 5.91 Å². The molecule has 0 N–H and O–H groups in total. The zero-order valence-corrected chi connectivity index (χ0v) is 17.8. The number of carbonyl (C=O) groups excluding carboxylic acids is 3. The lowest BCUT2D eigenvalue weighted by Gasteiger charge is -2.32. The maximum Gasteiger partial charge on any atom is 0.338 e. The standard InChI is InChI=1S/C24H27NO6/c1-29-23(27)19-13-20(24(28)30-2)15-21(14-19)31-16-22(26)25-10-8-18(9-11-25)12-17-6-4-3-5-7-17/h3-7,13-15,18H,8-12,16H2,1-2H3. The fraction of sp³-hybridized carbons (Fsp3) is 0.375. The van der Waals surface area contributed by atoms with Gasteiger partial charge in [-0.2, -0.15) is 0 Å². The van der Waals surface area contributed by atoms with E-state index < -0.39 is 11.9 Å². The molecule has 0 atom stereocenters. The highest BCUT2D eigenvalue weighted by molar-refractivity contribution is 5.96. The molecule has 0 spiro atoms. The smallest absolute Gasteiger partial charge is 0.338 e. The predicted molar refractivity (Wildman–Crippen MR) is 114 cm³/mol. The second kappa shape index (κ2) is 10.6. The Bertz CT molecular complexity index is 885. The molecule has 1 fully saturated rings. The maximum absolute atomic E-state index is 12.6. The van der Waals surface area contributed by atoms with Crippen molar-refractivity contribution in [3.63, 3.8) is 0 Å². The van der Waals surface area contributed by atoms with E-state index in [0.717, 1.165) is 19.3 Å². The summed E-state index contributed by atoms with van der Waals surface area (Å²) in [6, 6.07) is 14.6. The number of hydrogen-bond donors (Lipinski definition) is 0. The highest BCUT2D eigenvalue weighted by Crippen LogP contribution is 2.23. The van der Waals surface area contributed by atoms with Gasteiger partial charge in [-0.15, -0.1) is 0 Å². The summed E-state index contributed by atoms with van der Waals surface area (Å²) in [5.74, 6) is -0.548. The van der Waals surface area contributed by atoms with Gasteiger partial charge in [0.2, 0.25) is 0 Å². The number of likely N-dealkylation sites (tertiary alicyclic amines) is 1.